The van der Waals surface area contributed by atoms with Crippen LogP contribution in [0.15, 0.2) is 42.6 Å². The Bertz CT molecular complexity index is 786. The van der Waals surface area contributed by atoms with Crippen molar-refractivity contribution < 1.29 is 14.0 Å². The summed E-state index contributed by atoms with van der Waals surface area (Å²) in [5, 5.41) is 2.69. The summed E-state index contributed by atoms with van der Waals surface area (Å²) < 4.78 is 13.2. The van der Waals surface area contributed by atoms with E-state index in [4.69, 9.17) is 0 Å². The molecule has 26 heavy (non-hydrogen) atoms. The maximum atomic E-state index is 13.2. The maximum Gasteiger partial charge on any atom is 0.255 e. The van der Waals surface area contributed by atoms with E-state index in [1.54, 1.807) is 29.3 Å². The third-order valence-corrected chi connectivity index (χ3v) is 4.29. The number of nitrogens with one attached hydrogen (secondary N) is 1. The number of pyridine rings is 1. The summed E-state index contributed by atoms with van der Waals surface area (Å²) in [6.07, 6.45) is 1.59. The van der Waals surface area contributed by atoms with E-state index < -0.39 is 0 Å². The number of halogens is 1. The predicted molar refractivity (Wildman–Crippen MR) is 96.3 cm³/mol. The van der Waals surface area contributed by atoms with Crippen LogP contribution < -0.4 is 5.32 Å². The standard InChI is InChI=1S/C19H21FN4O2/c1-14-5-6-15(12-21-14)19(26)24-9-7-23(8-10-24)13-18(25)22-17-4-2-3-16(20)11-17/h2-6,11-12H,7-10,13H2,1H3,(H,22,25). The molecule has 136 valence electrons. The average molecular weight is 356 g/mol. The van der Waals surface area contributed by atoms with Gasteiger partial charge in [0.15, 0.2) is 0 Å². The summed E-state index contributed by atoms with van der Waals surface area (Å²) in [5.74, 6) is -0.625. The van der Waals surface area contributed by atoms with Crippen molar-refractivity contribution in [2.75, 3.05) is 38.0 Å². The molecule has 1 aromatic heterocycles. The van der Waals surface area contributed by atoms with Gasteiger partial charge in [0, 0.05) is 43.8 Å². The number of hydrogen-bond donors (Lipinski definition) is 1. The van der Waals surface area contributed by atoms with Gasteiger partial charge >= 0.3 is 0 Å². The Kier molecular flexibility index (Phi) is 5.58. The number of aryl methyl sites for hydroxylation is 1. The molecule has 2 aromatic rings. The van der Waals surface area contributed by atoms with Gasteiger partial charge in [0.25, 0.3) is 5.91 Å². The van der Waals surface area contributed by atoms with Crippen LogP contribution in [0.2, 0.25) is 0 Å². The first-order valence-electron chi connectivity index (χ1n) is 8.51. The van der Waals surface area contributed by atoms with Crippen molar-refractivity contribution in [1.82, 2.24) is 14.8 Å². The second-order valence-corrected chi connectivity index (χ2v) is 6.32. The minimum Gasteiger partial charge on any atom is -0.336 e. The topological polar surface area (TPSA) is 65.5 Å². The lowest BCUT2D eigenvalue weighted by atomic mass is 10.2. The molecule has 0 saturated carbocycles. The highest BCUT2D eigenvalue weighted by Crippen LogP contribution is 2.11. The van der Waals surface area contributed by atoms with Gasteiger partial charge in [-0.1, -0.05) is 6.07 Å². The second kappa shape index (κ2) is 8.05. The summed E-state index contributed by atoms with van der Waals surface area (Å²) in [5.41, 5.74) is 1.89. The summed E-state index contributed by atoms with van der Waals surface area (Å²) in [4.78, 5) is 32.5. The molecular weight excluding hydrogens is 335 g/mol. The van der Waals surface area contributed by atoms with Crippen molar-refractivity contribution in [3.8, 4) is 0 Å². The fourth-order valence-corrected chi connectivity index (χ4v) is 2.86. The van der Waals surface area contributed by atoms with E-state index in [9.17, 15) is 14.0 Å². The number of nitrogens with zero attached hydrogens (tertiary/aromatic N) is 3. The van der Waals surface area contributed by atoms with Gasteiger partial charge in [-0.3, -0.25) is 19.5 Å². The molecule has 2 amide bonds. The van der Waals surface area contributed by atoms with Crippen LogP contribution in [0.3, 0.4) is 0 Å². The van der Waals surface area contributed by atoms with Crippen LogP contribution in [0.25, 0.3) is 0 Å². The first-order chi connectivity index (χ1) is 12.5. The third kappa shape index (κ3) is 4.64. The number of carbonyl (C=O) groups is 2. The van der Waals surface area contributed by atoms with Crippen LogP contribution in [-0.2, 0) is 4.79 Å². The smallest absolute Gasteiger partial charge is 0.255 e. The number of rotatable bonds is 4. The van der Waals surface area contributed by atoms with Gasteiger partial charge in [-0.25, -0.2) is 4.39 Å². The summed E-state index contributed by atoms with van der Waals surface area (Å²) in [6.45, 7) is 4.43. The summed E-state index contributed by atoms with van der Waals surface area (Å²) in [7, 11) is 0. The van der Waals surface area contributed by atoms with Crippen LogP contribution in [0.1, 0.15) is 16.1 Å². The minimum atomic E-state index is -0.388. The lowest BCUT2D eigenvalue weighted by Crippen LogP contribution is -2.50. The average Bonchev–Trinajstić information content (AvgIpc) is 2.62. The number of carbonyl (C=O) groups excluding carboxylic acids is 2. The molecule has 1 aliphatic rings. The first kappa shape index (κ1) is 18.0. The van der Waals surface area contributed by atoms with E-state index in [0.29, 0.717) is 37.4 Å². The van der Waals surface area contributed by atoms with Crippen molar-refractivity contribution >= 4 is 17.5 Å². The molecule has 1 fully saturated rings. The van der Waals surface area contributed by atoms with E-state index in [-0.39, 0.29) is 24.2 Å². The van der Waals surface area contributed by atoms with E-state index in [1.165, 1.54) is 12.1 Å². The normalized spacial score (nSPS) is 14.9. The second-order valence-electron chi connectivity index (χ2n) is 6.32. The van der Waals surface area contributed by atoms with E-state index in [2.05, 4.69) is 10.3 Å². The Morgan fingerprint density at radius 3 is 2.58 bits per heavy atom. The SMILES string of the molecule is Cc1ccc(C(=O)N2CCN(CC(=O)Nc3cccc(F)c3)CC2)cn1. The van der Waals surface area contributed by atoms with Crippen molar-refractivity contribution in [2.24, 2.45) is 0 Å². The van der Waals surface area contributed by atoms with Gasteiger partial charge in [0.1, 0.15) is 5.82 Å². The molecule has 1 aliphatic heterocycles. The van der Waals surface area contributed by atoms with E-state index >= 15 is 0 Å². The number of amides is 2. The van der Waals surface area contributed by atoms with Gasteiger partial charge in [-0.15, -0.1) is 0 Å². The fraction of sp³-hybridized carbons (Fsp3) is 0.316. The van der Waals surface area contributed by atoms with Crippen LogP contribution in [0.4, 0.5) is 10.1 Å². The number of anilines is 1. The Morgan fingerprint density at radius 1 is 1.15 bits per heavy atom. The lowest BCUT2D eigenvalue weighted by molar-refractivity contribution is -0.117. The zero-order chi connectivity index (χ0) is 18.5. The van der Waals surface area contributed by atoms with Gasteiger partial charge < -0.3 is 10.2 Å². The molecule has 1 aromatic carbocycles. The van der Waals surface area contributed by atoms with Crippen molar-refractivity contribution in [2.45, 2.75) is 6.92 Å². The predicted octanol–water partition coefficient (Wildman–Crippen LogP) is 1.93. The van der Waals surface area contributed by atoms with Crippen LogP contribution >= 0.6 is 0 Å². The highest BCUT2D eigenvalue weighted by molar-refractivity contribution is 5.94. The molecule has 7 heteroatoms. The molecule has 6 nitrogen and oxygen atoms in total. The monoisotopic (exact) mass is 356 g/mol. The molecule has 0 aliphatic carbocycles. The molecule has 1 saturated heterocycles. The van der Waals surface area contributed by atoms with Gasteiger partial charge in [-0.05, 0) is 37.3 Å². The van der Waals surface area contributed by atoms with E-state index in [1.807, 2.05) is 17.9 Å². The van der Waals surface area contributed by atoms with Crippen LogP contribution in [0.5, 0.6) is 0 Å². The molecule has 0 radical (unpaired) electrons. The highest BCUT2D eigenvalue weighted by Gasteiger charge is 2.23. The molecular formula is C19H21FN4O2. The van der Waals surface area contributed by atoms with Gasteiger partial charge in [-0.2, -0.15) is 0 Å². The number of aromatic nitrogens is 1. The molecule has 0 atom stereocenters. The zero-order valence-electron chi connectivity index (χ0n) is 14.6. The molecule has 2 heterocycles. The molecule has 3 rings (SSSR count). The Morgan fingerprint density at radius 2 is 1.92 bits per heavy atom. The van der Waals surface area contributed by atoms with Crippen molar-refractivity contribution in [1.29, 1.82) is 0 Å². The van der Waals surface area contributed by atoms with Crippen molar-refractivity contribution in [3.63, 3.8) is 0 Å². The molecule has 0 bridgehead atoms. The Labute approximate surface area is 151 Å². The third-order valence-electron chi connectivity index (χ3n) is 4.29. The quantitative estimate of drug-likeness (QED) is 0.909. The summed E-state index contributed by atoms with van der Waals surface area (Å²) in [6, 6.07) is 9.41. The first-order valence-corrected chi connectivity index (χ1v) is 8.51. The van der Waals surface area contributed by atoms with Gasteiger partial charge in [0.2, 0.25) is 5.91 Å². The highest BCUT2D eigenvalue weighted by atomic mass is 19.1. The van der Waals surface area contributed by atoms with Crippen LogP contribution in [0, 0.1) is 12.7 Å². The zero-order valence-corrected chi connectivity index (χ0v) is 14.6. The minimum absolute atomic E-state index is 0.0404. The lowest BCUT2D eigenvalue weighted by Gasteiger charge is -2.34. The molecule has 0 unspecified atom stereocenters. The van der Waals surface area contributed by atoms with E-state index in [0.717, 1.165) is 5.69 Å². The van der Waals surface area contributed by atoms with Gasteiger partial charge in [0.05, 0.1) is 12.1 Å². The number of hydrogen-bond acceptors (Lipinski definition) is 4. The molecule has 0 spiro atoms. The number of piperazine rings is 1. The maximum absolute atomic E-state index is 13.2. The van der Waals surface area contributed by atoms with Crippen molar-refractivity contribution in [3.05, 3.63) is 59.7 Å². The fourth-order valence-electron chi connectivity index (χ4n) is 2.86. The Balaban J connectivity index is 1.48. The number of benzene rings is 1. The Hall–Kier alpha value is -2.80. The summed E-state index contributed by atoms with van der Waals surface area (Å²) >= 11 is 0. The molecule has 1 N–H and O–H groups in total. The largest absolute Gasteiger partial charge is 0.336 e. The van der Waals surface area contributed by atoms with Crippen LogP contribution in [-0.4, -0.2) is 59.3 Å².